The van der Waals surface area contributed by atoms with Crippen LogP contribution in [0.4, 0.5) is 0 Å². The number of rotatable bonds is 10. The van der Waals surface area contributed by atoms with E-state index >= 15 is 0 Å². The molecule has 174 valence electrons. The molecule has 8 heteroatoms. The van der Waals surface area contributed by atoms with Gasteiger partial charge >= 0.3 is 0 Å². The Labute approximate surface area is 196 Å². The molecule has 0 bridgehead atoms. The van der Waals surface area contributed by atoms with Gasteiger partial charge in [-0.2, -0.15) is 0 Å². The molecule has 0 radical (unpaired) electrons. The van der Waals surface area contributed by atoms with Crippen molar-refractivity contribution in [1.82, 2.24) is 0 Å². The highest BCUT2D eigenvalue weighted by Crippen LogP contribution is 2.34. The third kappa shape index (κ3) is 4.25. The molecule has 0 aliphatic rings. The van der Waals surface area contributed by atoms with Gasteiger partial charge < -0.3 is 18.9 Å². The van der Waals surface area contributed by atoms with E-state index in [1.807, 2.05) is 0 Å². The first-order valence-corrected chi connectivity index (χ1v) is 10.0. The molecule has 8 nitrogen and oxygen atoms in total. The molecule has 0 aliphatic carbocycles. The van der Waals surface area contributed by atoms with Crippen molar-refractivity contribution in [3.05, 3.63) is 81.9 Å². The summed E-state index contributed by atoms with van der Waals surface area (Å²) >= 11 is 0. The average molecular weight is 462 g/mol. The third-order valence-electron chi connectivity index (χ3n) is 5.27. The van der Waals surface area contributed by atoms with Crippen LogP contribution in [0.3, 0.4) is 0 Å². The molecule has 3 aromatic rings. The maximum atomic E-state index is 13.3. The summed E-state index contributed by atoms with van der Waals surface area (Å²) in [4.78, 5) is 49.7. The zero-order chi connectivity index (χ0) is 24.8. The first-order valence-electron chi connectivity index (χ1n) is 10.0. The summed E-state index contributed by atoms with van der Waals surface area (Å²) in [5.74, 6) is -0.220. The number of ketones is 2. The minimum absolute atomic E-state index is 0.0727. The molecule has 3 aromatic carbocycles. The Morgan fingerprint density at radius 3 is 1.35 bits per heavy atom. The van der Waals surface area contributed by atoms with Crippen LogP contribution < -0.4 is 18.9 Å². The van der Waals surface area contributed by atoms with Crippen LogP contribution in [0.15, 0.2) is 48.5 Å². The van der Waals surface area contributed by atoms with Crippen molar-refractivity contribution in [1.29, 1.82) is 0 Å². The van der Waals surface area contributed by atoms with Gasteiger partial charge in [0.15, 0.2) is 24.1 Å². The van der Waals surface area contributed by atoms with Crippen LogP contribution in [-0.2, 0) is 0 Å². The normalized spacial score (nSPS) is 10.2. The van der Waals surface area contributed by atoms with Gasteiger partial charge in [0.2, 0.25) is 0 Å². The fourth-order valence-electron chi connectivity index (χ4n) is 3.65. The van der Waals surface area contributed by atoms with Gasteiger partial charge in [-0.05, 0) is 30.3 Å². The van der Waals surface area contributed by atoms with Gasteiger partial charge in [0.05, 0.1) is 50.7 Å². The number of methoxy groups -OCH3 is 4. The van der Waals surface area contributed by atoms with Crippen molar-refractivity contribution in [3.63, 3.8) is 0 Å². The highest BCUT2D eigenvalue weighted by molar-refractivity contribution is 6.16. The first kappa shape index (κ1) is 24.2. The van der Waals surface area contributed by atoms with Gasteiger partial charge in [0.25, 0.3) is 0 Å². The summed E-state index contributed by atoms with van der Waals surface area (Å²) in [6, 6.07) is 12.1. The van der Waals surface area contributed by atoms with Gasteiger partial charge in [0.1, 0.15) is 23.0 Å². The number of carbonyl (C=O) groups excluding carboxylic acids is 4. The van der Waals surface area contributed by atoms with E-state index in [4.69, 9.17) is 18.9 Å². The molecule has 34 heavy (non-hydrogen) atoms. The fourth-order valence-corrected chi connectivity index (χ4v) is 3.65. The summed E-state index contributed by atoms with van der Waals surface area (Å²) in [5, 5.41) is 0. The van der Waals surface area contributed by atoms with Crippen LogP contribution in [0.5, 0.6) is 23.0 Å². The van der Waals surface area contributed by atoms with Crippen molar-refractivity contribution >= 4 is 24.1 Å². The highest BCUT2D eigenvalue weighted by atomic mass is 16.5. The summed E-state index contributed by atoms with van der Waals surface area (Å²) < 4.78 is 21.0. The molecule has 0 saturated carbocycles. The minimum Gasteiger partial charge on any atom is -0.496 e. The Morgan fingerprint density at radius 2 is 1.03 bits per heavy atom. The molecule has 0 amide bonds. The van der Waals surface area contributed by atoms with Crippen molar-refractivity contribution < 1.29 is 38.1 Å². The molecule has 0 spiro atoms. The second-order valence-electron chi connectivity index (χ2n) is 7.00. The Hall–Kier alpha value is -4.46. The standard InChI is InChI=1S/C26H22O8/c1-31-21-10-8-17(25(33-3)19(21)13-27)23(29)15-6-5-7-16(12-15)24(30)18-9-11-22(32-2)20(14-28)26(18)34-4/h5-14H,1-4H3. The third-order valence-corrected chi connectivity index (χ3v) is 5.27. The maximum absolute atomic E-state index is 13.3. The smallest absolute Gasteiger partial charge is 0.196 e. The van der Waals surface area contributed by atoms with E-state index in [0.29, 0.717) is 12.6 Å². The van der Waals surface area contributed by atoms with Gasteiger partial charge in [-0.1, -0.05) is 18.2 Å². The lowest BCUT2D eigenvalue weighted by Gasteiger charge is -2.14. The summed E-state index contributed by atoms with van der Waals surface area (Å²) in [5.41, 5.74) is 0.893. The molecule has 0 aliphatic heterocycles. The molecule has 0 fully saturated rings. The Kier molecular flexibility index (Phi) is 7.43. The number of aldehydes is 2. The topological polar surface area (TPSA) is 105 Å². The fraction of sp³-hybridized carbons (Fsp3) is 0.154. The average Bonchev–Trinajstić information content (AvgIpc) is 2.90. The highest BCUT2D eigenvalue weighted by Gasteiger charge is 2.24. The lowest BCUT2D eigenvalue weighted by atomic mass is 9.95. The largest absolute Gasteiger partial charge is 0.496 e. The van der Waals surface area contributed by atoms with Gasteiger partial charge in [-0.25, -0.2) is 0 Å². The zero-order valence-corrected chi connectivity index (χ0v) is 19.0. The SMILES string of the molecule is COc1ccc(C(=O)c2cccc(C(=O)c3ccc(OC)c(C=O)c3OC)c2)c(OC)c1C=O. The molecular formula is C26H22O8. The van der Waals surface area contributed by atoms with E-state index in [1.165, 1.54) is 58.8 Å². The Balaban J connectivity index is 2.07. The maximum Gasteiger partial charge on any atom is 0.196 e. The van der Waals surface area contributed by atoms with E-state index in [2.05, 4.69) is 0 Å². The molecule has 0 aromatic heterocycles. The van der Waals surface area contributed by atoms with Gasteiger partial charge in [-0.3, -0.25) is 19.2 Å². The molecule has 0 N–H and O–H groups in total. The van der Waals surface area contributed by atoms with E-state index < -0.39 is 11.6 Å². The monoisotopic (exact) mass is 462 g/mol. The molecule has 0 heterocycles. The molecule has 0 saturated heterocycles. The number of hydrogen-bond acceptors (Lipinski definition) is 8. The number of carbonyl (C=O) groups is 4. The van der Waals surface area contributed by atoms with E-state index in [-0.39, 0.29) is 56.4 Å². The Bertz CT molecular complexity index is 1180. The molecule has 0 unspecified atom stereocenters. The van der Waals surface area contributed by atoms with Crippen LogP contribution in [0, 0.1) is 0 Å². The lowest BCUT2D eigenvalue weighted by Crippen LogP contribution is -2.10. The summed E-state index contributed by atoms with van der Waals surface area (Å²) in [6.45, 7) is 0. The predicted octanol–water partition coefficient (Wildman–Crippen LogP) is 3.81. The van der Waals surface area contributed by atoms with E-state index in [0.717, 1.165) is 0 Å². The molecule has 3 rings (SSSR count). The van der Waals surface area contributed by atoms with Crippen LogP contribution in [-0.4, -0.2) is 52.6 Å². The van der Waals surface area contributed by atoms with E-state index in [1.54, 1.807) is 18.2 Å². The van der Waals surface area contributed by atoms with Crippen LogP contribution in [0.25, 0.3) is 0 Å². The first-order chi connectivity index (χ1) is 16.4. The van der Waals surface area contributed by atoms with Crippen molar-refractivity contribution in [2.24, 2.45) is 0 Å². The summed E-state index contributed by atoms with van der Waals surface area (Å²) in [6.07, 6.45) is 1.10. The van der Waals surface area contributed by atoms with Crippen molar-refractivity contribution in [3.8, 4) is 23.0 Å². The quantitative estimate of drug-likeness (QED) is 0.331. The zero-order valence-electron chi connectivity index (χ0n) is 19.0. The number of benzene rings is 3. The Morgan fingerprint density at radius 1 is 0.618 bits per heavy atom. The number of hydrogen-bond donors (Lipinski definition) is 0. The van der Waals surface area contributed by atoms with Crippen LogP contribution >= 0.6 is 0 Å². The molecular weight excluding hydrogens is 440 g/mol. The minimum atomic E-state index is -0.451. The second-order valence-corrected chi connectivity index (χ2v) is 7.00. The predicted molar refractivity (Wildman–Crippen MR) is 123 cm³/mol. The molecule has 0 atom stereocenters. The van der Waals surface area contributed by atoms with Crippen molar-refractivity contribution in [2.75, 3.05) is 28.4 Å². The number of ether oxygens (including phenoxy) is 4. The summed E-state index contributed by atoms with van der Waals surface area (Å²) in [7, 11) is 5.50. The van der Waals surface area contributed by atoms with E-state index in [9.17, 15) is 19.2 Å². The second kappa shape index (κ2) is 10.4. The van der Waals surface area contributed by atoms with Gasteiger partial charge in [-0.15, -0.1) is 0 Å². The van der Waals surface area contributed by atoms with Crippen LogP contribution in [0.2, 0.25) is 0 Å². The van der Waals surface area contributed by atoms with Crippen LogP contribution in [0.1, 0.15) is 52.6 Å². The lowest BCUT2D eigenvalue weighted by molar-refractivity contribution is 0.103. The van der Waals surface area contributed by atoms with Gasteiger partial charge in [0, 0.05) is 11.1 Å². The van der Waals surface area contributed by atoms with Crippen molar-refractivity contribution in [2.45, 2.75) is 0 Å².